The molecule has 1 aliphatic rings. The third kappa shape index (κ3) is 2.30. The van der Waals surface area contributed by atoms with Gasteiger partial charge in [0.25, 0.3) is 0 Å². The van der Waals surface area contributed by atoms with E-state index in [1.807, 2.05) is 0 Å². The molecule has 1 aliphatic carbocycles. The van der Waals surface area contributed by atoms with Gasteiger partial charge in [0, 0.05) is 12.1 Å². The molecule has 1 saturated carbocycles. The number of rotatable bonds is 3. The Hall–Kier alpha value is -1.63. The summed E-state index contributed by atoms with van der Waals surface area (Å²) in [7, 11) is 0. The summed E-state index contributed by atoms with van der Waals surface area (Å²) in [5.74, 6) is -4.20. The lowest BCUT2D eigenvalue weighted by Crippen LogP contribution is -2.50. The van der Waals surface area contributed by atoms with Gasteiger partial charge in [-0.1, -0.05) is 18.6 Å². The molecule has 1 amide bonds. The lowest BCUT2D eigenvalue weighted by molar-refractivity contribution is -0.125. The van der Waals surface area contributed by atoms with Crippen molar-refractivity contribution in [3.63, 3.8) is 0 Å². The summed E-state index contributed by atoms with van der Waals surface area (Å²) in [5.41, 5.74) is 4.09. The Kier molecular flexibility index (Phi) is 3.49. The highest BCUT2D eigenvalue weighted by Gasteiger charge is 2.47. The Bertz CT molecular complexity index is 558. The number of carbonyl (C=O) groups excluding carboxylic acids is 1. The van der Waals surface area contributed by atoms with Gasteiger partial charge in [-0.05, 0) is 12.8 Å². The maximum Gasteiger partial charge on any atom is 0.237 e. The molecule has 0 bridgehead atoms. The fraction of sp³-hybridized carbons (Fsp3) is 0.333. The zero-order valence-corrected chi connectivity index (χ0v) is 10.6. The number of anilines is 1. The first-order chi connectivity index (χ1) is 8.86. The second-order valence-electron chi connectivity index (χ2n) is 4.50. The first kappa shape index (κ1) is 13.8. The van der Waals surface area contributed by atoms with Crippen LogP contribution in [0, 0.1) is 22.9 Å². The van der Waals surface area contributed by atoms with Crippen molar-refractivity contribution in [3.8, 4) is 0 Å². The number of halogens is 3. The van der Waals surface area contributed by atoms with Crippen molar-refractivity contribution in [2.75, 3.05) is 5.32 Å². The summed E-state index contributed by atoms with van der Waals surface area (Å²) in [6.07, 6.45) is 1.73. The van der Waals surface area contributed by atoms with Crippen molar-refractivity contribution in [2.45, 2.75) is 19.3 Å². The van der Waals surface area contributed by atoms with Crippen molar-refractivity contribution in [2.24, 2.45) is 11.1 Å². The molecule has 0 aliphatic heterocycles. The topological polar surface area (TPSA) is 55.1 Å². The van der Waals surface area contributed by atoms with E-state index in [1.54, 1.807) is 0 Å². The van der Waals surface area contributed by atoms with Gasteiger partial charge in [-0.3, -0.25) is 4.79 Å². The fourth-order valence-electron chi connectivity index (χ4n) is 1.98. The first-order valence-electron chi connectivity index (χ1n) is 5.63. The van der Waals surface area contributed by atoms with Gasteiger partial charge < -0.3 is 11.1 Å². The van der Waals surface area contributed by atoms with Gasteiger partial charge in [-0.15, -0.1) is 0 Å². The predicted molar refractivity (Wildman–Crippen MR) is 68.0 cm³/mol. The van der Waals surface area contributed by atoms with Gasteiger partial charge in [0.15, 0.2) is 11.6 Å². The SMILES string of the molecule is NC(=S)C1(C(=O)Nc2cc(F)c(F)cc2F)CCC1. The Morgan fingerprint density at radius 1 is 1.21 bits per heavy atom. The summed E-state index contributed by atoms with van der Waals surface area (Å²) in [5, 5.41) is 2.21. The van der Waals surface area contributed by atoms with E-state index in [-0.39, 0.29) is 4.99 Å². The molecule has 0 heterocycles. The number of carbonyl (C=O) groups is 1. The van der Waals surface area contributed by atoms with Crippen LogP contribution in [0.25, 0.3) is 0 Å². The summed E-state index contributed by atoms with van der Waals surface area (Å²) in [4.78, 5) is 12.1. The van der Waals surface area contributed by atoms with Crippen LogP contribution < -0.4 is 11.1 Å². The minimum Gasteiger partial charge on any atom is -0.392 e. The Balaban J connectivity index is 2.24. The predicted octanol–water partition coefficient (Wildman–Crippen LogP) is 2.50. The van der Waals surface area contributed by atoms with Crippen LogP contribution in [0.3, 0.4) is 0 Å². The van der Waals surface area contributed by atoms with Crippen molar-refractivity contribution in [1.29, 1.82) is 0 Å². The normalized spacial score (nSPS) is 16.6. The van der Waals surface area contributed by atoms with Crippen LogP contribution in [0.15, 0.2) is 12.1 Å². The molecule has 0 unspecified atom stereocenters. The molecule has 1 aromatic rings. The van der Waals surface area contributed by atoms with Crippen LogP contribution >= 0.6 is 12.2 Å². The van der Waals surface area contributed by atoms with Crippen molar-refractivity contribution < 1.29 is 18.0 Å². The quantitative estimate of drug-likeness (QED) is 0.663. The number of benzene rings is 1. The van der Waals surface area contributed by atoms with E-state index in [4.69, 9.17) is 18.0 Å². The minimum atomic E-state index is -1.32. The second-order valence-corrected chi connectivity index (χ2v) is 4.94. The van der Waals surface area contributed by atoms with Crippen LogP contribution in [0.5, 0.6) is 0 Å². The summed E-state index contributed by atoms with van der Waals surface area (Å²) in [6.45, 7) is 0. The molecular weight excluding hydrogens is 277 g/mol. The largest absolute Gasteiger partial charge is 0.392 e. The lowest BCUT2D eigenvalue weighted by atomic mass is 9.68. The molecule has 0 radical (unpaired) electrons. The Labute approximate surface area is 113 Å². The smallest absolute Gasteiger partial charge is 0.237 e. The van der Waals surface area contributed by atoms with Crippen LogP contribution in [0.2, 0.25) is 0 Å². The molecule has 0 saturated heterocycles. The molecule has 3 N–H and O–H groups in total. The first-order valence-corrected chi connectivity index (χ1v) is 6.03. The summed E-state index contributed by atoms with van der Waals surface area (Å²) >= 11 is 4.84. The van der Waals surface area contributed by atoms with Crippen molar-refractivity contribution >= 4 is 28.8 Å². The molecule has 1 aromatic carbocycles. The van der Waals surface area contributed by atoms with Crippen LogP contribution in [-0.4, -0.2) is 10.9 Å². The van der Waals surface area contributed by atoms with E-state index in [1.165, 1.54) is 0 Å². The third-order valence-electron chi connectivity index (χ3n) is 3.37. The van der Waals surface area contributed by atoms with Gasteiger partial charge in [-0.25, -0.2) is 13.2 Å². The van der Waals surface area contributed by atoms with Gasteiger partial charge in [0.05, 0.1) is 16.1 Å². The zero-order chi connectivity index (χ0) is 14.2. The summed E-state index contributed by atoms with van der Waals surface area (Å²) in [6, 6.07) is 0.966. The number of amides is 1. The molecule has 7 heteroatoms. The summed E-state index contributed by atoms with van der Waals surface area (Å²) < 4.78 is 39.2. The Morgan fingerprint density at radius 2 is 1.79 bits per heavy atom. The molecule has 0 spiro atoms. The van der Waals surface area contributed by atoms with E-state index in [9.17, 15) is 18.0 Å². The number of nitrogens with one attached hydrogen (secondary N) is 1. The number of thiocarbonyl (C=S) groups is 1. The number of nitrogens with two attached hydrogens (primary N) is 1. The highest BCUT2D eigenvalue weighted by atomic mass is 32.1. The lowest BCUT2D eigenvalue weighted by Gasteiger charge is -2.39. The zero-order valence-electron chi connectivity index (χ0n) is 9.80. The molecule has 102 valence electrons. The van der Waals surface area contributed by atoms with E-state index in [2.05, 4.69) is 5.32 Å². The molecule has 19 heavy (non-hydrogen) atoms. The van der Waals surface area contributed by atoms with E-state index >= 15 is 0 Å². The van der Waals surface area contributed by atoms with E-state index in [0.717, 1.165) is 6.42 Å². The van der Waals surface area contributed by atoms with Crippen molar-refractivity contribution in [3.05, 3.63) is 29.6 Å². The van der Waals surface area contributed by atoms with Gasteiger partial charge in [0.2, 0.25) is 5.91 Å². The maximum absolute atomic E-state index is 13.4. The molecule has 3 nitrogen and oxygen atoms in total. The molecule has 0 atom stereocenters. The number of hydrogen-bond donors (Lipinski definition) is 2. The molecular formula is C12H11F3N2OS. The van der Waals surface area contributed by atoms with Crippen LogP contribution in [0.1, 0.15) is 19.3 Å². The van der Waals surface area contributed by atoms with E-state index in [0.29, 0.717) is 25.0 Å². The standard InChI is InChI=1S/C12H11F3N2OS/c13-6-4-8(15)9(5-7(6)14)17-11(18)12(10(16)19)2-1-3-12/h4-5H,1-3H2,(H2,16,19)(H,17,18). The third-order valence-corrected chi connectivity index (χ3v) is 3.76. The van der Waals surface area contributed by atoms with Gasteiger partial charge in [-0.2, -0.15) is 0 Å². The Morgan fingerprint density at radius 3 is 2.26 bits per heavy atom. The number of hydrogen-bond acceptors (Lipinski definition) is 2. The van der Waals surface area contributed by atoms with Gasteiger partial charge >= 0.3 is 0 Å². The molecule has 2 rings (SSSR count). The highest BCUT2D eigenvalue weighted by molar-refractivity contribution is 7.80. The maximum atomic E-state index is 13.4. The van der Waals surface area contributed by atoms with Crippen LogP contribution in [-0.2, 0) is 4.79 Å². The molecule has 1 fully saturated rings. The monoisotopic (exact) mass is 288 g/mol. The fourth-order valence-corrected chi connectivity index (χ4v) is 2.27. The van der Waals surface area contributed by atoms with E-state index < -0.39 is 34.5 Å². The average molecular weight is 288 g/mol. The van der Waals surface area contributed by atoms with Gasteiger partial charge in [0.1, 0.15) is 5.82 Å². The minimum absolute atomic E-state index is 0.0271. The highest BCUT2D eigenvalue weighted by Crippen LogP contribution is 2.42. The van der Waals surface area contributed by atoms with Crippen molar-refractivity contribution in [1.82, 2.24) is 0 Å². The second kappa shape index (κ2) is 4.80. The molecule has 0 aromatic heterocycles. The average Bonchev–Trinajstić information content (AvgIpc) is 2.23. The van der Waals surface area contributed by atoms with Crippen LogP contribution in [0.4, 0.5) is 18.9 Å².